The first-order valence-corrected chi connectivity index (χ1v) is 18.0. The van der Waals surface area contributed by atoms with Crippen LogP contribution in [0.15, 0.2) is 176 Å². The molecule has 0 aliphatic carbocycles. The van der Waals surface area contributed by atoms with Crippen molar-refractivity contribution in [1.29, 1.82) is 0 Å². The molecule has 0 amide bonds. The number of allylic oxidation sites excluding steroid dienone is 1. The minimum atomic E-state index is 1.12. The first-order valence-electron chi connectivity index (χ1n) is 18.0. The zero-order valence-electron chi connectivity index (χ0n) is 30.4. The SMILES string of the molecule is CC=Cc1ccc(N(c2ccccc2)c2ccc(-c3ccc(N(c4ccccc4)c4ccc(C=Cc5ccc(C)cc5)cc4)c(C)c3)cc2C)cc1. The van der Waals surface area contributed by atoms with Crippen LogP contribution in [-0.4, -0.2) is 0 Å². The van der Waals surface area contributed by atoms with Crippen molar-refractivity contribution in [3.05, 3.63) is 209 Å². The summed E-state index contributed by atoms with van der Waals surface area (Å²) in [6.45, 7) is 8.59. The molecule has 0 heterocycles. The van der Waals surface area contributed by atoms with Crippen LogP contribution >= 0.6 is 0 Å². The third kappa shape index (κ3) is 7.67. The van der Waals surface area contributed by atoms with E-state index in [1.54, 1.807) is 0 Å². The van der Waals surface area contributed by atoms with Gasteiger partial charge in [0, 0.05) is 34.1 Å². The number of hydrogen-bond acceptors (Lipinski definition) is 2. The maximum Gasteiger partial charge on any atom is 0.0491 e. The van der Waals surface area contributed by atoms with Gasteiger partial charge in [-0.1, -0.05) is 127 Å². The molecule has 7 rings (SSSR count). The van der Waals surface area contributed by atoms with Gasteiger partial charge in [0.05, 0.1) is 0 Å². The van der Waals surface area contributed by atoms with Crippen LogP contribution in [0.2, 0.25) is 0 Å². The van der Waals surface area contributed by atoms with Gasteiger partial charge in [0.2, 0.25) is 0 Å². The van der Waals surface area contributed by atoms with Crippen molar-refractivity contribution in [1.82, 2.24) is 0 Å². The van der Waals surface area contributed by atoms with Gasteiger partial charge in [-0.3, -0.25) is 0 Å². The minimum absolute atomic E-state index is 1.12. The van der Waals surface area contributed by atoms with Crippen molar-refractivity contribution in [3.63, 3.8) is 0 Å². The Labute approximate surface area is 309 Å². The Balaban J connectivity index is 1.19. The molecule has 0 saturated carbocycles. The number of rotatable bonds is 10. The van der Waals surface area contributed by atoms with E-state index in [1.807, 2.05) is 0 Å². The number of nitrogens with zero attached hydrogens (tertiary/aromatic N) is 2. The van der Waals surface area contributed by atoms with E-state index >= 15 is 0 Å². The van der Waals surface area contributed by atoms with Gasteiger partial charge in [-0.2, -0.15) is 0 Å². The van der Waals surface area contributed by atoms with Gasteiger partial charge >= 0.3 is 0 Å². The maximum atomic E-state index is 2.35. The Hall–Kier alpha value is -6.38. The molecule has 7 aromatic rings. The molecular weight excluding hydrogens is 629 g/mol. The molecule has 0 atom stereocenters. The molecule has 52 heavy (non-hydrogen) atoms. The second-order valence-electron chi connectivity index (χ2n) is 13.3. The zero-order chi connectivity index (χ0) is 35.9. The van der Waals surface area contributed by atoms with Crippen molar-refractivity contribution in [2.24, 2.45) is 0 Å². The Bertz CT molecular complexity index is 2300. The Kier molecular flexibility index (Phi) is 10.3. The summed E-state index contributed by atoms with van der Waals surface area (Å²) < 4.78 is 0. The summed E-state index contributed by atoms with van der Waals surface area (Å²) in [7, 11) is 0. The lowest BCUT2D eigenvalue weighted by Crippen LogP contribution is -2.11. The van der Waals surface area contributed by atoms with Crippen molar-refractivity contribution < 1.29 is 0 Å². The third-order valence-electron chi connectivity index (χ3n) is 9.44. The van der Waals surface area contributed by atoms with E-state index in [0.717, 1.165) is 34.1 Å². The lowest BCUT2D eigenvalue weighted by Gasteiger charge is -2.28. The molecule has 0 fully saturated rings. The van der Waals surface area contributed by atoms with Gasteiger partial charge in [-0.15, -0.1) is 0 Å². The highest BCUT2D eigenvalue weighted by Crippen LogP contribution is 2.41. The minimum Gasteiger partial charge on any atom is -0.310 e. The van der Waals surface area contributed by atoms with Crippen molar-refractivity contribution in [2.75, 3.05) is 9.80 Å². The largest absolute Gasteiger partial charge is 0.310 e. The predicted molar refractivity (Wildman–Crippen MR) is 226 cm³/mol. The van der Waals surface area contributed by atoms with Crippen LogP contribution in [0, 0.1) is 20.8 Å². The standard InChI is InChI=1S/C50H44N2/c1-5-12-40-23-29-47(30-24-40)51(45-13-8-6-9-14-45)49-33-27-43(35-38(49)3)44-28-34-50(39(4)36-44)52(46-15-10-7-11-16-46)48-31-25-42(26-32-48)22-21-41-19-17-37(2)18-20-41/h5-36H,1-4H3. The fourth-order valence-electron chi connectivity index (χ4n) is 6.71. The normalized spacial score (nSPS) is 11.3. The molecular formula is C50H44N2. The monoisotopic (exact) mass is 672 g/mol. The summed E-state index contributed by atoms with van der Waals surface area (Å²) >= 11 is 0. The van der Waals surface area contributed by atoms with Crippen LogP contribution in [0.4, 0.5) is 34.1 Å². The highest BCUT2D eigenvalue weighted by Gasteiger charge is 2.17. The fourth-order valence-corrected chi connectivity index (χ4v) is 6.71. The summed E-state index contributed by atoms with van der Waals surface area (Å²) in [5.41, 5.74) is 16.5. The lowest BCUT2D eigenvalue weighted by atomic mass is 9.98. The number of para-hydroxylation sites is 2. The maximum absolute atomic E-state index is 2.35. The molecule has 0 radical (unpaired) electrons. The number of anilines is 6. The summed E-state index contributed by atoms with van der Waals surface area (Å²) in [4.78, 5) is 4.69. The van der Waals surface area contributed by atoms with Crippen molar-refractivity contribution in [3.8, 4) is 11.1 Å². The highest BCUT2D eigenvalue weighted by atomic mass is 15.1. The van der Waals surface area contributed by atoms with Crippen LogP contribution in [-0.2, 0) is 0 Å². The molecule has 0 spiro atoms. The quantitative estimate of drug-likeness (QED) is 0.133. The topological polar surface area (TPSA) is 6.48 Å². The van der Waals surface area contributed by atoms with Crippen LogP contribution in [0.5, 0.6) is 0 Å². The molecule has 0 unspecified atom stereocenters. The fraction of sp³-hybridized carbons (Fsp3) is 0.0800. The van der Waals surface area contributed by atoms with Crippen LogP contribution < -0.4 is 9.80 Å². The highest BCUT2D eigenvalue weighted by molar-refractivity contribution is 5.84. The third-order valence-corrected chi connectivity index (χ3v) is 9.44. The molecule has 0 N–H and O–H groups in total. The molecule has 0 aromatic heterocycles. The average Bonchev–Trinajstić information content (AvgIpc) is 3.18. The second-order valence-corrected chi connectivity index (χ2v) is 13.3. The van der Waals surface area contributed by atoms with Crippen molar-refractivity contribution in [2.45, 2.75) is 27.7 Å². The average molecular weight is 673 g/mol. The van der Waals surface area contributed by atoms with E-state index in [4.69, 9.17) is 0 Å². The van der Waals surface area contributed by atoms with Gasteiger partial charge in [0.15, 0.2) is 0 Å². The van der Waals surface area contributed by atoms with Gasteiger partial charge in [-0.25, -0.2) is 0 Å². The van der Waals surface area contributed by atoms with Crippen LogP contribution in [0.1, 0.15) is 40.3 Å². The molecule has 2 nitrogen and oxygen atoms in total. The van der Waals surface area contributed by atoms with E-state index in [0.29, 0.717) is 0 Å². The summed E-state index contributed by atoms with van der Waals surface area (Å²) in [6.07, 6.45) is 8.55. The van der Waals surface area contributed by atoms with Gasteiger partial charge < -0.3 is 9.80 Å². The van der Waals surface area contributed by atoms with E-state index in [2.05, 4.69) is 232 Å². The molecule has 0 aliphatic rings. The molecule has 0 bridgehead atoms. The Morgan fingerprint density at radius 3 is 1.12 bits per heavy atom. The zero-order valence-corrected chi connectivity index (χ0v) is 30.4. The first kappa shape index (κ1) is 34.1. The smallest absolute Gasteiger partial charge is 0.0491 e. The summed E-state index contributed by atoms with van der Waals surface area (Å²) in [5.74, 6) is 0. The van der Waals surface area contributed by atoms with Crippen LogP contribution in [0.25, 0.3) is 29.4 Å². The van der Waals surface area contributed by atoms with Gasteiger partial charge in [-0.05, 0) is 139 Å². The Morgan fingerprint density at radius 2 is 0.731 bits per heavy atom. The first-order chi connectivity index (χ1) is 25.5. The predicted octanol–water partition coefficient (Wildman–Crippen LogP) is 14.4. The summed E-state index contributed by atoms with van der Waals surface area (Å²) in [5, 5.41) is 0. The van der Waals surface area contributed by atoms with Gasteiger partial charge in [0.25, 0.3) is 0 Å². The Morgan fingerprint density at radius 1 is 0.365 bits per heavy atom. The van der Waals surface area contributed by atoms with Gasteiger partial charge in [0.1, 0.15) is 0 Å². The molecule has 254 valence electrons. The van der Waals surface area contributed by atoms with Crippen molar-refractivity contribution >= 4 is 52.4 Å². The molecule has 7 aromatic carbocycles. The van der Waals surface area contributed by atoms with Crippen LogP contribution in [0.3, 0.4) is 0 Å². The van der Waals surface area contributed by atoms with E-state index in [9.17, 15) is 0 Å². The van der Waals surface area contributed by atoms with E-state index in [1.165, 1.54) is 44.5 Å². The molecule has 0 aliphatic heterocycles. The molecule has 2 heteroatoms. The van der Waals surface area contributed by atoms with E-state index < -0.39 is 0 Å². The number of aryl methyl sites for hydroxylation is 3. The number of benzene rings is 7. The summed E-state index contributed by atoms with van der Waals surface area (Å²) in [6, 6.07) is 61.0. The second kappa shape index (κ2) is 15.7. The van der Waals surface area contributed by atoms with E-state index in [-0.39, 0.29) is 0 Å². The number of hydrogen-bond donors (Lipinski definition) is 0. The molecule has 0 saturated heterocycles. The lowest BCUT2D eigenvalue weighted by molar-refractivity contribution is 1.24.